The van der Waals surface area contributed by atoms with Gasteiger partial charge in [0.15, 0.2) is 5.78 Å². The molecule has 1 N–H and O–H groups in total. The van der Waals surface area contributed by atoms with Crippen LogP contribution in [0.2, 0.25) is 0 Å². The Morgan fingerprint density at radius 1 is 1.30 bits per heavy atom. The van der Waals surface area contributed by atoms with Gasteiger partial charge in [0.05, 0.1) is 6.10 Å². The molecule has 0 saturated carbocycles. The van der Waals surface area contributed by atoms with Crippen LogP contribution in [0, 0.1) is 5.92 Å². The van der Waals surface area contributed by atoms with Crippen LogP contribution in [0.25, 0.3) is 0 Å². The zero-order chi connectivity index (χ0) is 15.4. The third-order valence-electron chi connectivity index (χ3n) is 3.26. The van der Waals surface area contributed by atoms with Crippen LogP contribution >= 0.6 is 0 Å². The Labute approximate surface area is 122 Å². The van der Waals surface area contributed by atoms with Crippen molar-refractivity contribution in [3.05, 3.63) is 12.2 Å². The molecule has 0 unspecified atom stereocenters. The summed E-state index contributed by atoms with van der Waals surface area (Å²) in [6, 6.07) is 0. The summed E-state index contributed by atoms with van der Waals surface area (Å²) in [5, 5.41) is 9.61. The second-order valence-corrected chi connectivity index (χ2v) is 5.47. The lowest BCUT2D eigenvalue weighted by Gasteiger charge is -2.13. The number of aliphatic hydroxyl groups excluding tert-OH is 1. The molecule has 116 valence electrons. The van der Waals surface area contributed by atoms with Crippen LogP contribution in [-0.2, 0) is 14.3 Å². The number of unbranched alkanes of at least 4 members (excludes halogenated alkanes) is 2. The van der Waals surface area contributed by atoms with Crippen molar-refractivity contribution in [1.82, 2.24) is 0 Å². The molecule has 4 nitrogen and oxygen atoms in total. The summed E-state index contributed by atoms with van der Waals surface area (Å²) in [5.41, 5.74) is 0. The molecule has 2 atom stereocenters. The summed E-state index contributed by atoms with van der Waals surface area (Å²) < 4.78 is 5.00. The molecule has 0 heterocycles. The Morgan fingerprint density at radius 2 is 2.00 bits per heavy atom. The minimum atomic E-state index is -0.598. The van der Waals surface area contributed by atoms with Crippen molar-refractivity contribution in [2.75, 3.05) is 0 Å². The molecule has 0 amide bonds. The standard InChI is InChI=1S/C16H28O4/c1-4-5-6-9-15(20-12-17)10-7-8-14(18)11-16(19)13(2)3/h7-8,12-13,15-16,19H,4-6,9-11H2,1-3H3/b8-7+/t15-,16-/m1/s1. The molecule has 0 fully saturated rings. The van der Waals surface area contributed by atoms with Crippen LogP contribution in [-0.4, -0.2) is 29.6 Å². The first-order valence-electron chi connectivity index (χ1n) is 7.47. The number of hydrogen-bond acceptors (Lipinski definition) is 4. The molecular weight excluding hydrogens is 256 g/mol. The highest BCUT2D eigenvalue weighted by Crippen LogP contribution is 2.11. The minimum Gasteiger partial charge on any atom is -0.464 e. The Balaban J connectivity index is 4.08. The lowest BCUT2D eigenvalue weighted by Crippen LogP contribution is -2.18. The topological polar surface area (TPSA) is 63.6 Å². The average molecular weight is 284 g/mol. The fourth-order valence-electron chi connectivity index (χ4n) is 1.80. The molecule has 0 spiro atoms. The fourth-order valence-corrected chi connectivity index (χ4v) is 1.80. The third-order valence-corrected chi connectivity index (χ3v) is 3.26. The van der Waals surface area contributed by atoms with Crippen molar-refractivity contribution in [1.29, 1.82) is 0 Å². The quantitative estimate of drug-likeness (QED) is 0.340. The number of aliphatic hydroxyl groups is 1. The van der Waals surface area contributed by atoms with E-state index in [1.165, 1.54) is 6.08 Å². The van der Waals surface area contributed by atoms with Gasteiger partial charge in [-0.1, -0.05) is 39.7 Å². The maximum Gasteiger partial charge on any atom is 0.293 e. The van der Waals surface area contributed by atoms with E-state index in [4.69, 9.17) is 4.74 Å². The lowest BCUT2D eigenvalue weighted by atomic mass is 10.0. The Kier molecular flexibility index (Phi) is 11.0. The number of rotatable bonds is 12. The highest BCUT2D eigenvalue weighted by atomic mass is 16.5. The van der Waals surface area contributed by atoms with Gasteiger partial charge in [0, 0.05) is 12.8 Å². The smallest absolute Gasteiger partial charge is 0.293 e. The van der Waals surface area contributed by atoms with Gasteiger partial charge < -0.3 is 9.84 Å². The van der Waals surface area contributed by atoms with Gasteiger partial charge >= 0.3 is 0 Å². The number of allylic oxidation sites excluding steroid dienone is 1. The fraction of sp³-hybridized carbons (Fsp3) is 0.750. The largest absolute Gasteiger partial charge is 0.464 e. The molecule has 0 aromatic rings. The molecule has 4 heteroatoms. The summed E-state index contributed by atoms with van der Waals surface area (Å²) in [6.45, 7) is 6.34. The van der Waals surface area contributed by atoms with Crippen LogP contribution in [0.4, 0.5) is 0 Å². The summed E-state index contributed by atoms with van der Waals surface area (Å²) in [7, 11) is 0. The zero-order valence-corrected chi connectivity index (χ0v) is 12.9. The van der Waals surface area contributed by atoms with Gasteiger partial charge in [-0.25, -0.2) is 0 Å². The summed E-state index contributed by atoms with van der Waals surface area (Å²) in [4.78, 5) is 22.0. The highest BCUT2D eigenvalue weighted by Gasteiger charge is 2.12. The van der Waals surface area contributed by atoms with Gasteiger partial charge in [0.25, 0.3) is 6.47 Å². The van der Waals surface area contributed by atoms with Crippen molar-refractivity contribution in [2.45, 2.75) is 71.5 Å². The van der Waals surface area contributed by atoms with Gasteiger partial charge in [0.1, 0.15) is 6.10 Å². The van der Waals surface area contributed by atoms with E-state index < -0.39 is 6.10 Å². The van der Waals surface area contributed by atoms with Gasteiger partial charge in [-0.15, -0.1) is 0 Å². The number of carbonyl (C=O) groups is 2. The molecule has 0 aliphatic heterocycles. The maximum absolute atomic E-state index is 11.6. The van der Waals surface area contributed by atoms with Crippen LogP contribution < -0.4 is 0 Å². The van der Waals surface area contributed by atoms with Gasteiger partial charge in [-0.3, -0.25) is 9.59 Å². The van der Waals surface area contributed by atoms with Crippen LogP contribution in [0.3, 0.4) is 0 Å². The first kappa shape index (κ1) is 18.8. The van der Waals surface area contributed by atoms with Crippen LogP contribution in [0.15, 0.2) is 12.2 Å². The van der Waals surface area contributed by atoms with E-state index in [-0.39, 0.29) is 24.2 Å². The number of ether oxygens (including phenoxy) is 1. The van der Waals surface area contributed by atoms with E-state index in [1.54, 1.807) is 6.08 Å². The molecule has 0 aliphatic carbocycles. The van der Waals surface area contributed by atoms with Gasteiger partial charge in [0.2, 0.25) is 0 Å². The first-order valence-corrected chi connectivity index (χ1v) is 7.47. The molecule has 20 heavy (non-hydrogen) atoms. The van der Waals surface area contributed by atoms with Crippen LogP contribution in [0.1, 0.15) is 59.3 Å². The van der Waals surface area contributed by atoms with Crippen molar-refractivity contribution in [3.63, 3.8) is 0 Å². The molecule has 0 saturated heterocycles. The Morgan fingerprint density at radius 3 is 2.55 bits per heavy atom. The van der Waals surface area contributed by atoms with E-state index in [0.29, 0.717) is 12.9 Å². The molecule has 0 aliphatic rings. The molecular formula is C16H28O4. The Bertz CT molecular complexity index is 297. The minimum absolute atomic E-state index is 0.0764. The molecule has 0 aromatic carbocycles. The SMILES string of the molecule is CCCCC[C@H](C/C=C/C(=O)C[C@@H](O)C(C)C)OC=O. The highest BCUT2D eigenvalue weighted by molar-refractivity contribution is 5.89. The predicted molar refractivity (Wildman–Crippen MR) is 79.3 cm³/mol. The van der Waals surface area contributed by atoms with Gasteiger partial charge in [-0.2, -0.15) is 0 Å². The predicted octanol–water partition coefficient (Wildman–Crippen LogP) is 3.03. The normalized spacial score (nSPS) is 14.4. The van der Waals surface area contributed by atoms with E-state index in [2.05, 4.69) is 6.92 Å². The monoisotopic (exact) mass is 284 g/mol. The number of carbonyl (C=O) groups excluding carboxylic acids is 2. The van der Waals surface area contributed by atoms with E-state index in [1.807, 2.05) is 13.8 Å². The first-order chi connectivity index (χ1) is 9.51. The zero-order valence-electron chi connectivity index (χ0n) is 12.9. The summed E-state index contributed by atoms with van der Waals surface area (Å²) >= 11 is 0. The van der Waals surface area contributed by atoms with Crippen molar-refractivity contribution >= 4 is 12.3 Å². The van der Waals surface area contributed by atoms with Crippen LogP contribution in [0.5, 0.6) is 0 Å². The van der Waals surface area contributed by atoms with Crippen molar-refractivity contribution < 1.29 is 19.4 Å². The van der Waals surface area contributed by atoms with Gasteiger partial charge in [-0.05, 0) is 24.8 Å². The lowest BCUT2D eigenvalue weighted by molar-refractivity contribution is -0.133. The Hall–Kier alpha value is -1.16. The second kappa shape index (κ2) is 11.6. The molecule has 0 bridgehead atoms. The van der Waals surface area contributed by atoms with Crippen molar-refractivity contribution in [3.8, 4) is 0 Å². The molecule has 0 rings (SSSR count). The van der Waals surface area contributed by atoms with E-state index >= 15 is 0 Å². The van der Waals surface area contributed by atoms with E-state index in [0.717, 1.165) is 25.7 Å². The average Bonchev–Trinajstić information content (AvgIpc) is 2.38. The molecule has 0 aromatic heterocycles. The molecule has 0 radical (unpaired) electrons. The second-order valence-electron chi connectivity index (χ2n) is 5.47. The summed E-state index contributed by atoms with van der Waals surface area (Å²) in [5.74, 6) is -0.0165. The van der Waals surface area contributed by atoms with Crippen molar-refractivity contribution in [2.24, 2.45) is 5.92 Å². The number of hydrogen-bond donors (Lipinski definition) is 1. The summed E-state index contributed by atoms with van der Waals surface area (Å²) in [6.07, 6.45) is 7.22. The third kappa shape index (κ3) is 9.73. The van der Waals surface area contributed by atoms with E-state index in [9.17, 15) is 14.7 Å². The maximum atomic E-state index is 11.6. The number of ketones is 1.